The molecule has 2 N–H and O–H groups in total. The molecule has 2 aromatic carbocycles. The van der Waals surface area contributed by atoms with Crippen LogP contribution in [0.1, 0.15) is 11.1 Å². The summed E-state index contributed by atoms with van der Waals surface area (Å²) in [6.07, 6.45) is 1.52. The lowest BCUT2D eigenvalue weighted by Gasteiger charge is -2.08. The Morgan fingerprint density at radius 3 is 2.83 bits per heavy atom. The van der Waals surface area contributed by atoms with Crippen molar-refractivity contribution in [1.29, 1.82) is 0 Å². The number of hydrogen-bond acceptors (Lipinski definition) is 7. The number of aromatic nitrogens is 5. The van der Waals surface area contributed by atoms with Crippen LogP contribution < -0.4 is 5.32 Å². The fourth-order valence-corrected chi connectivity index (χ4v) is 2.97. The van der Waals surface area contributed by atoms with Crippen molar-refractivity contribution < 1.29 is 14.6 Å². The van der Waals surface area contributed by atoms with Crippen molar-refractivity contribution in [2.24, 2.45) is 0 Å². The van der Waals surface area contributed by atoms with E-state index in [1.807, 2.05) is 30.3 Å². The molecule has 0 fully saturated rings. The van der Waals surface area contributed by atoms with Gasteiger partial charge >= 0.3 is 5.97 Å². The van der Waals surface area contributed by atoms with Crippen molar-refractivity contribution in [1.82, 2.24) is 25.0 Å². The minimum Gasteiger partial charge on any atom is -0.481 e. The molecule has 2 aromatic heterocycles. The van der Waals surface area contributed by atoms with E-state index in [9.17, 15) is 4.79 Å². The van der Waals surface area contributed by atoms with Gasteiger partial charge in [0.15, 0.2) is 11.2 Å². The van der Waals surface area contributed by atoms with E-state index in [1.54, 1.807) is 36.2 Å². The smallest absolute Gasteiger partial charge is 0.307 e. The minimum absolute atomic E-state index is 0.0694. The van der Waals surface area contributed by atoms with Crippen LogP contribution in [0.5, 0.6) is 0 Å². The summed E-state index contributed by atoms with van der Waals surface area (Å²) in [5.74, 6) is -0.493. The summed E-state index contributed by atoms with van der Waals surface area (Å²) in [5, 5.41) is 20.4. The zero-order chi connectivity index (χ0) is 20.2. The van der Waals surface area contributed by atoms with Crippen molar-refractivity contribution in [3.05, 3.63) is 65.9 Å². The molecule has 0 aliphatic heterocycles. The predicted molar refractivity (Wildman–Crippen MR) is 106 cm³/mol. The highest BCUT2D eigenvalue weighted by atomic mass is 16.5. The summed E-state index contributed by atoms with van der Waals surface area (Å²) >= 11 is 0. The van der Waals surface area contributed by atoms with Crippen LogP contribution in [0.25, 0.3) is 16.9 Å². The molecule has 0 saturated carbocycles. The maximum atomic E-state index is 11.0. The van der Waals surface area contributed by atoms with Gasteiger partial charge in [-0.1, -0.05) is 29.5 Å². The number of nitrogens with one attached hydrogen (secondary N) is 1. The number of benzene rings is 2. The lowest BCUT2D eigenvalue weighted by Crippen LogP contribution is -2.04. The summed E-state index contributed by atoms with van der Waals surface area (Å²) < 4.78 is 6.73. The molecule has 2 heterocycles. The van der Waals surface area contributed by atoms with Gasteiger partial charge in [-0.3, -0.25) is 4.79 Å². The van der Waals surface area contributed by atoms with Gasteiger partial charge in [-0.25, -0.2) is 4.98 Å². The number of aliphatic carboxylic acids is 1. The van der Waals surface area contributed by atoms with Gasteiger partial charge in [0.25, 0.3) is 0 Å². The molecule has 29 heavy (non-hydrogen) atoms. The van der Waals surface area contributed by atoms with Crippen molar-refractivity contribution in [2.45, 2.75) is 13.0 Å². The van der Waals surface area contributed by atoms with Crippen LogP contribution in [0.2, 0.25) is 0 Å². The number of methoxy groups -OCH3 is 1. The Bertz CT molecular complexity index is 1170. The Hall–Kier alpha value is -3.85. The first-order valence-corrected chi connectivity index (χ1v) is 8.87. The van der Waals surface area contributed by atoms with Crippen molar-refractivity contribution >= 4 is 28.8 Å². The van der Waals surface area contributed by atoms with E-state index in [0.29, 0.717) is 35.0 Å². The first-order valence-electron chi connectivity index (χ1n) is 8.87. The molecule has 0 radical (unpaired) electrons. The predicted octanol–water partition coefficient (Wildman–Crippen LogP) is 2.73. The van der Waals surface area contributed by atoms with E-state index >= 15 is 0 Å². The molecule has 9 heteroatoms. The largest absolute Gasteiger partial charge is 0.481 e. The van der Waals surface area contributed by atoms with Gasteiger partial charge in [0.05, 0.1) is 24.9 Å². The number of rotatable bonds is 7. The molecule has 9 nitrogen and oxygen atoms in total. The quantitative estimate of drug-likeness (QED) is 0.495. The average Bonchev–Trinajstić information content (AvgIpc) is 3.11. The van der Waals surface area contributed by atoms with E-state index in [2.05, 4.69) is 25.6 Å². The minimum atomic E-state index is -0.893. The van der Waals surface area contributed by atoms with Gasteiger partial charge in [0.1, 0.15) is 0 Å². The van der Waals surface area contributed by atoms with Gasteiger partial charge in [0.2, 0.25) is 5.95 Å². The van der Waals surface area contributed by atoms with Crippen molar-refractivity contribution in [3.63, 3.8) is 0 Å². The number of fused-ring (bicyclic) bond motifs is 1. The molecular formula is C20H18N6O3. The summed E-state index contributed by atoms with van der Waals surface area (Å²) in [6, 6.07) is 14.9. The number of hydrogen-bond donors (Lipinski definition) is 2. The summed E-state index contributed by atoms with van der Waals surface area (Å²) in [4.78, 5) is 19.8. The SMILES string of the molecule is COCc1cccc(Nc2ncc3nnn(-c4cccc(CC(=O)O)c4)c3n2)c1. The van der Waals surface area contributed by atoms with Gasteiger partial charge in [-0.05, 0) is 35.4 Å². The number of nitrogens with zero attached hydrogens (tertiary/aromatic N) is 5. The number of carboxylic acids is 1. The first-order chi connectivity index (χ1) is 14.1. The molecule has 0 bridgehead atoms. The first kappa shape index (κ1) is 18.5. The fraction of sp³-hybridized carbons (Fsp3) is 0.150. The lowest BCUT2D eigenvalue weighted by atomic mass is 10.1. The third kappa shape index (κ3) is 4.19. The van der Waals surface area contributed by atoms with Crippen molar-refractivity contribution in [2.75, 3.05) is 12.4 Å². The second-order valence-corrected chi connectivity index (χ2v) is 6.40. The maximum absolute atomic E-state index is 11.0. The second kappa shape index (κ2) is 8.03. The Morgan fingerprint density at radius 1 is 1.17 bits per heavy atom. The number of ether oxygens (including phenoxy) is 1. The van der Waals surface area contributed by atoms with Crippen LogP contribution in [0.3, 0.4) is 0 Å². The van der Waals surface area contributed by atoms with E-state index in [1.165, 1.54) is 0 Å². The zero-order valence-electron chi connectivity index (χ0n) is 15.6. The molecule has 4 rings (SSSR count). The number of carbonyl (C=O) groups is 1. The Kier molecular flexibility index (Phi) is 5.12. The van der Waals surface area contributed by atoms with Crippen molar-refractivity contribution in [3.8, 4) is 5.69 Å². The van der Waals surface area contributed by atoms with E-state index in [0.717, 1.165) is 11.3 Å². The maximum Gasteiger partial charge on any atom is 0.307 e. The van der Waals surface area contributed by atoms with E-state index in [4.69, 9.17) is 9.84 Å². The zero-order valence-corrected chi connectivity index (χ0v) is 15.6. The standard InChI is InChI=1S/C20H18N6O3/c1-29-12-14-5-2-6-15(8-14)22-20-21-11-17-19(23-20)26(25-24-17)16-7-3-4-13(9-16)10-18(27)28/h2-9,11H,10,12H2,1H3,(H,27,28)(H,21,22,23). The molecule has 0 spiro atoms. The highest BCUT2D eigenvalue weighted by molar-refractivity contribution is 5.73. The number of carboxylic acid groups (broad SMARTS) is 1. The highest BCUT2D eigenvalue weighted by Gasteiger charge is 2.11. The molecule has 0 aliphatic rings. The van der Waals surface area contributed by atoms with Crippen LogP contribution >= 0.6 is 0 Å². The average molecular weight is 390 g/mol. The molecule has 0 aliphatic carbocycles. The second-order valence-electron chi connectivity index (χ2n) is 6.40. The summed E-state index contributed by atoms with van der Waals surface area (Å²) in [5.41, 5.74) is 4.26. The topological polar surface area (TPSA) is 115 Å². The third-order valence-corrected chi connectivity index (χ3v) is 4.20. The Morgan fingerprint density at radius 2 is 2.00 bits per heavy atom. The van der Waals surface area contributed by atoms with Gasteiger partial charge in [-0.2, -0.15) is 9.67 Å². The Balaban J connectivity index is 1.66. The van der Waals surface area contributed by atoms with E-state index < -0.39 is 5.97 Å². The molecule has 4 aromatic rings. The Labute approximate surface area is 166 Å². The van der Waals surface area contributed by atoms with Crippen LogP contribution in [-0.4, -0.2) is 43.1 Å². The van der Waals surface area contributed by atoms with Crippen LogP contribution in [-0.2, 0) is 22.6 Å². The molecular weight excluding hydrogens is 372 g/mol. The third-order valence-electron chi connectivity index (χ3n) is 4.20. The summed E-state index contributed by atoms with van der Waals surface area (Å²) in [7, 11) is 1.65. The number of anilines is 2. The molecule has 146 valence electrons. The summed E-state index contributed by atoms with van der Waals surface area (Å²) in [6.45, 7) is 0.513. The van der Waals surface area contributed by atoms with Gasteiger partial charge < -0.3 is 15.2 Å². The van der Waals surface area contributed by atoms with Crippen LogP contribution in [0, 0.1) is 0 Å². The van der Waals surface area contributed by atoms with Crippen LogP contribution in [0.4, 0.5) is 11.6 Å². The molecule has 0 amide bonds. The van der Waals surface area contributed by atoms with Crippen LogP contribution in [0.15, 0.2) is 54.7 Å². The normalized spacial score (nSPS) is 10.9. The molecule has 0 unspecified atom stereocenters. The molecule has 0 atom stereocenters. The monoisotopic (exact) mass is 390 g/mol. The lowest BCUT2D eigenvalue weighted by molar-refractivity contribution is -0.136. The highest BCUT2D eigenvalue weighted by Crippen LogP contribution is 2.19. The van der Waals surface area contributed by atoms with E-state index in [-0.39, 0.29) is 6.42 Å². The van der Waals surface area contributed by atoms with Gasteiger partial charge in [0, 0.05) is 12.8 Å². The fourth-order valence-electron chi connectivity index (χ4n) is 2.97. The van der Waals surface area contributed by atoms with Gasteiger partial charge in [-0.15, -0.1) is 5.10 Å². The molecule has 0 saturated heterocycles.